The lowest BCUT2D eigenvalue weighted by molar-refractivity contribution is 0.0948. The van der Waals surface area contributed by atoms with Gasteiger partial charge in [-0.15, -0.1) is 36.2 Å². The Bertz CT molecular complexity index is 716. The molecule has 1 aliphatic heterocycles. The van der Waals surface area contributed by atoms with E-state index in [0.29, 0.717) is 17.4 Å². The zero-order chi connectivity index (χ0) is 17.6. The number of carbonyl (C=O) groups excluding carboxylic acids is 1. The average molecular weight is 432 g/mol. The van der Waals surface area contributed by atoms with Gasteiger partial charge in [-0.25, -0.2) is 4.98 Å². The summed E-state index contributed by atoms with van der Waals surface area (Å²) >= 11 is 1.45. The number of rotatable bonds is 6. The van der Waals surface area contributed by atoms with Crippen LogP contribution in [0.1, 0.15) is 35.1 Å². The first-order valence-electron chi connectivity index (χ1n) is 8.87. The van der Waals surface area contributed by atoms with Gasteiger partial charge in [-0.3, -0.25) is 4.79 Å². The molecule has 0 radical (unpaired) electrons. The number of carbonyl (C=O) groups is 1. The van der Waals surface area contributed by atoms with Gasteiger partial charge in [0.2, 0.25) is 0 Å². The Hall–Kier alpha value is -1.34. The van der Waals surface area contributed by atoms with Crippen molar-refractivity contribution in [3.63, 3.8) is 0 Å². The molecule has 5 nitrogen and oxygen atoms in total. The summed E-state index contributed by atoms with van der Waals surface area (Å²) in [6.07, 6.45) is 2.36. The van der Waals surface area contributed by atoms with Gasteiger partial charge >= 0.3 is 0 Å². The first-order chi connectivity index (χ1) is 12.2. The van der Waals surface area contributed by atoms with Crippen molar-refractivity contribution in [2.24, 2.45) is 5.92 Å². The van der Waals surface area contributed by atoms with E-state index in [0.717, 1.165) is 41.6 Å². The van der Waals surface area contributed by atoms with E-state index < -0.39 is 0 Å². The number of benzene rings is 1. The highest BCUT2D eigenvalue weighted by Gasteiger charge is 2.18. The molecule has 1 aromatic heterocycles. The van der Waals surface area contributed by atoms with Gasteiger partial charge in [-0.2, -0.15) is 0 Å². The summed E-state index contributed by atoms with van der Waals surface area (Å²) in [6.45, 7) is 7.30. The lowest BCUT2D eigenvalue weighted by Gasteiger charge is -2.22. The highest BCUT2D eigenvalue weighted by Crippen LogP contribution is 2.29. The van der Waals surface area contributed by atoms with Crippen LogP contribution >= 0.6 is 36.2 Å². The second kappa shape index (κ2) is 11.5. The maximum absolute atomic E-state index is 12.5. The van der Waals surface area contributed by atoms with Crippen LogP contribution in [0.2, 0.25) is 0 Å². The molecule has 0 saturated carbocycles. The number of nitrogens with zero attached hydrogens (tertiary/aromatic N) is 1. The Morgan fingerprint density at radius 3 is 2.70 bits per heavy atom. The number of ether oxygens (including phenoxy) is 1. The number of hydrogen-bond donors (Lipinski definition) is 2. The Labute approximate surface area is 177 Å². The number of hydrogen-bond acceptors (Lipinski definition) is 5. The normalized spacial score (nSPS) is 16.0. The predicted octanol–water partition coefficient (Wildman–Crippen LogP) is 4.09. The third-order valence-corrected chi connectivity index (χ3v) is 5.57. The van der Waals surface area contributed by atoms with Crippen LogP contribution in [0.25, 0.3) is 10.6 Å². The summed E-state index contributed by atoms with van der Waals surface area (Å²) in [5.74, 6) is 1.35. The SMILES string of the molecule is CCOc1ccc(-c2nc(C)c(C(=O)NCC3CCCNC3)s2)cc1.Cl.Cl. The number of aromatic nitrogens is 1. The molecule has 1 aromatic carbocycles. The zero-order valence-corrected chi connectivity index (χ0v) is 18.1. The van der Waals surface area contributed by atoms with Crippen LogP contribution in [0.4, 0.5) is 0 Å². The summed E-state index contributed by atoms with van der Waals surface area (Å²) in [6, 6.07) is 7.84. The molecule has 1 fully saturated rings. The van der Waals surface area contributed by atoms with Crippen LogP contribution < -0.4 is 15.4 Å². The molecule has 27 heavy (non-hydrogen) atoms. The van der Waals surface area contributed by atoms with Crippen molar-refractivity contribution in [3.8, 4) is 16.3 Å². The second-order valence-electron chi connectivity index (χ2n) is 6.31. The zero-order valence-electron chi connectivity index (χ0n) is 15.6. The van der Waals surface area contributed by atoms with Crippen LogP contribution in [0, 0.1) is 12.8 Å². The van der Waals surface area contributed by atoms with E-state index in [1.54, 1.807) is 0 Å². The van der Waals surface area contributed by atoms with E-state index in [9.17, 15) is 4.79 Å². The molecule has 1 unspecified atom stereocenters. The van der Waals surface area contributed by atoms with Gasteiger partial charge in [-0.1, -0.05) is 0 Å². The summed E-state index contributed by atoms with van der Waals surface area (Å²) in [5, 5.41) is 7.31. The highest BCUT2D eigenvalue weighted by molar-refractivity contribution is 7.17. The quantitative estimate of drug-likeness (QED) is 0.722. The number of amides is 1. The third-order valence-electron chi connectivity index (χ3n) is 4.37. The topological polar surface area (TPSA) is 63.2 Å². The molecule has 1 atom stereocenters. The van der Waals surface area contributed by atoms with Crippen LogP contribution in [0.3, 0.4) is 0 Å². The molecule has 0 aliphatic carbocycles. The fraction of sp³-hybridized carbons (Fsp3) is 0.474. The Balaban J connectivity index is 0.00000182. The monoisotopic (exact) mass is 431 g/mol. The predicted molar refractivity (Wildman–Crippen MR) is 116 cm³/mol. The number of thiazole rings is 1. The molecule has 3 rings (SSSR count). The maximum atomic E-state index is 12.5. The van der Waals surface area contributed by atoms with Gasteiger partial charge in [0.25, 0.3) is 5.91 Å². The minimum atomic E-state index is -0.0160. The van der Waals surface area contributed by atoms with Crippen molar-refractivity contribution in [1.29, 1.82) is 0 Å². The van der Waals surface area contributed by atoms with Crippen LogP contribution in [-0.2, 0) is 0 Å². The fourth-order valence-electron chi connectivity index (χ4n) is 3.01. The molecule has 1 amide bonds. The van der Waals surface area contributed by atoms with Crippen molar-refractivity contribution >= 4 is 42.1 Å². The smallest absolute Gasteiger partial charge is 0.263 e. The first-order valence-corrected chi connectivity index (χ1v) is 9.68. The number of piperidine rings is 1. The summed E-state index contributed by atoms with van der Waals surface area (Å²) in [7, 11) is 0. The summed E-state index contributed by atoms with van der Waals surface area (Å²) in [4.78, 5) is 17.8. The molecule has 8 heteroatoms. The molecular weight excluding hydrogens is 405 g/mol. The van der Waals surface area contributed by atoms with Crippen molar-refractivity contribution < 1.29 is 9.53 Å². The number of nitrogens with one attached hydrogen (secondary N) is 2. The van der Waals surface area contributed by atoms with E-state index in [1.165, 1.54) is 24.2 Å². The standard InChI is InChI=1S/C19H25N3O2S.2ClH/c1-3-24-16-8-6-15(7-9-16)19-22-13(2)17(25-19)18(23)21-12-14-5-4-10-20-11-14;;/h6-9,14,20H,3-5,10-12H2,1-2H3,(H,21,23);2*1H. The Morgan fingerprint density at radius 2 is 2.07 bits per heavy atom. The van der Waals surface area contributed by atoms with E-state index >= 15 is 0 Å². The number of halogens is 2. The lowest BCUT2D eigenvalue weighted by atomic mass is 10.00. The van der Waals surface area contributed by atoms with Gasteiger partial charge in [0.15, 0.2) is 0 Å². The van der Waals surface area contributed by atoms with Crippen LogP contribution in [0.15, 0.2) is 24.3 Å². The van der Waals surface area contributed by atoms with Gasteiger partial charge in [0, 0.05) is 12.1 Å². The van der Waals surface area contributed by atoms with Crippen molar-refractivity contribution in [2.75, 3.05) is 26.2 Å². The van der Waals surface area contributed by atoms with Gasteiger partial charge in [0.1, 0.15) is 15.6 Å². The van der Waals surface area contributed by atoms with Gasteiger partial charge in [0.05, 0.1) is 12.3 Å². The first kappa shape index (κ1) is 23.7. The molecule has 0 spiro atoms. The Morgan fingerprint density at radius 1 is 1.33 bits per heavy atom. The minimum absolute atomic E-state index is 0. The van der Waals surface area contributed by atoms with Crippen molar-refractivity contribution in [1.82, 2.24) is 15.6 Å². The molecule has 2 heterocycles. The largest absolute Gasteiger partial charge is 0.494 e. The molecular formula is C19H27Cl2N3O2S. The second-order valence-corrected chi connectivity index (χ2v) is 7.31. The lowest BCUT2D eigenvalue weighted by Crippen LogP contribution is -2.38. The van der Waals surface area contributed by atoms with E-state index in [1.807, 2.05) is 38.1 Å². The molecule has 2 N–H and O–H groups in total. The minimum Gasteiger partial charge on any atom is -0.494 e. The molecule has 1 aliphatic rings. The third kappa shape index (κ3) is 6.35. The van der Waals surface area contributed by atoms with E-state index in [2.05, 4.69) is 15.6 Å². The average Bonchev–Trinajstić information content (AvgIpc) is 3.03. The number of aryl methyl sites for hydroxylation is 1. The van der Waals surface area contributed by atoms with Gasteiger partial charge < -0.3 is 15.4 Å². The van der Waals surface area contributed by atoms with Gasteiger partial charge in [-0.05, 0) is 70.0 Å². The van der Waals surface area contributed by atoms with Crippen molar-refractivity contribution in [3.05, 3.63) is 34.8 Å². The molecule has 1 saturated heterocycles. The van der Waals surface area contributed by atoms with Crippen molar-refractivity contribution in [2.45, 2.75) is 26.7 Å². The molecule has 0 bridgehead atoms. The van der Waals surface area contributed by atoms with Crippen LogP contribution in [0.5, 0.6) is 5.75 Å². The Kier molecular flexibility index (Phi) is 10.1. The maximum Gasteiger partial charge on any atom is 0.263 e. The highest BCUT2D eigenvalue weighted by atomic mass is 35.5. The molecule has 150 valence electrons. The summed E-state index contributed by atoms with van der Waals surface area (Å²) in [5.41, 5.74) is 1.79. The van der Waals surface area contributed by atoms with Crippen LogP contribution in [-0.4, -0.2) is 37.1 Å². The summed E-state index contributed by atoms with van der Waals surface area (Å²) < 4.78 is 5.47. The fourth-order valence-corrected chi connectivity index (χ4v) is 3.99. The van der Waals surface area contributed by atoms with E-state index in [-0.39, 0.29) is 30.7 Å². The molecule has 2 aromatic rings. The van der Waals surface area contributed by atoms with E-state index in [4.69, 9.17) is 4.74 Å².